The molecule has 0 saturated carbocycles. The van der Waals surface area contributed by atoms with Crippen LogP contribution in [0.4, 0.5) is 5.13 Å². The molecule has 16 heavy (non-hydrogen) atoms. The van der Waals surface area contributed by atoms with Crippen molar-refractivity contribution in [2.24, 2.45) is 0 Å². The van der Waals surface area contributed by atoms with Gasteiger partial charge < -0.3 is 10.0 Å². The predicted octanol–water partition coefficient (Wildman–Crippen LogP) is 0.956. The largest absolute Gasteiger partial charge is 0.396 e. The van der Waals surface area contributed by atoms with Crippen LogP contribution in [0.3, 0.4) is 0 Å². The molecule has 0 bridgehead atoms. The Hall–Kier alpha value is -0.650. The van der Waals surface area contributed by atoms with Gasteiger partial charge in [-0.25, -0.2) is 4.98 Å². The number of hydrogen-bond donors (Lipinski definition) is 1. The van der Waals surface area contributed by atoms with Crippen molar-refractivity contribution in [3.63, 3.8) is 0 Å². The maximum Gasteiger partial charge on any atom is 0.185 e. The van der Waals surface area contributed by atoms with E-state index < -0.39 is 0 Å². The lowest BCUT2D eigenvalue weighted by molar-refractivity contribution is 0.216. The van der Waals surface area contributed by atoms with Crippen molar-refractivity contribution in [1.29, 1.82) is 0 Å². The monoisotopic (exact) mass is 241 g/mol. The third-order valence-electron chi connectivity index (χ3n) is 2.88. The number of nitrogens with zero attached hydrogens (tertiary/aromatic N) is 3. The Bertz CT molecular complexity index is 321. The number of hydrogen-bond acceptors (Lipinski definition) is 5. The second kappa shape index (κ2) is 5.61. The van der Waals surface area contributed by atoms with Gasteiger partial charge in [-0.05, 0) is 13.3 Å². The van der Waals surface area contributed by atoms with Gasteiger partial charge in [-0.2, -0.15) is 0 Å². The molecule has 0 spiro atoms. The number of aromatic nitrogens is 1. The summed E-state index contributed by atoms with van der Waals surface area (Å²) in [4.78, 5) is 10.5. The Morgan fingerprint density at radius 1 is 1.38 bits per heavy atom. The standard InChI is InChI=1S/C11H19N3OS/c1-10-9-12-11(16-10)14-6-4-13(5-7-14)3-2-8-15/h9,15H,2-8H2,1H3. The van der Waals surface area contributed by atoms with Gasteiger partial charge in [0.15, 0.2) is 5.13 Å². The summed E-state index contributed by atoms with van der Waals surface area (Å²) in [5.74, 6) is 0. The van der Waals surface area contributed by atoms with Gasteiger partial charge in [0.1, 0.15) is 0 Å². The van der Waals surface area contributed by atoms with Crippen molar-refractivity contribution in [2.75, 3.05) is 44.2 Å². The molecular formula is C11H19N3OS. The van der Waals surface area contributed by atoms with Crippen LogP contribution in [0.15, 0.2) is 6.20 Å². The van der Waals surface area contributed by atoms with E-state index in [0.717, 1.165) is 44.3 Å². The third kappa shape index (κ3) is 2.93. The zero-order valence-electron chi connectivity index (χ0n) is 9.72. The van der Waals surface area contributed by atoms with Crippen LogP contribution < -0.4 is 4.90 Å². The van der Waals surface area contributed by atoms with E-state index in [2.05, 4.69) is 21.7 Å². The average Bonchev–Trinajstić information content (AvgIpc) is 2.74. The van der Waals surface area contributed by atoms with Crippen molar-refractivity contribution in [2.45, 2.75) is 13.3 Å². The summed E-state index contributed by atoms with van der Waals surface area (Å²) in [6.45, 7) is 7.68. The molecule has 1 aliphatic heterocycles. The molecule has 0 radical (unpaired) electrons. The summed E-state index contributed by atoms with van der Waals surface area (Å²) in [5.41, 5.74) is 0. The molecular weight excluding hydrogens is 222 g/mol. The molecule has 0 atom stereocenters. The van der Waals surface area contributed by atoms with Gasteiger partial charge >= 0.3 is 0 Å². The molecule has 1 aromatic heterocycles. The Labute approximate surface area is 101 Å². The zero-order valence-corrected chi connectivity index (χ0v) is 10.5. The number of thiazole rings is 1. The van der Waals surface area contributed by atoms with Crippen molar-refractivity contribution in [1.82, 2.24) is 9.88 Å². The van der Waals surface area contributed by atoms with Crippen molar-refractivity contribution in [3.05, 3.63) is 11.1 Å². The smallest absolute Gasteiger partial charge is 0.185 e. The second-order valence-corrected chi connectivity index (χ2v) is 5.37. The highest BCUT2D eigenvalue weighted by Crippen LogP contribution is 2.22. The van der Waals surface area contributed by atoms with Crippen LogP contribution in [0, 0.1) is 6.92 Å². The van der Waals surface area contributed by atoms with Crippen LogP contribution in [0.25, 0.3) is 0 Å². The summed E-state index contributed by atoms with van der Waals surface area (Å²) in [5, 5.41) is 9.94. The number of aliphatic hydroxyl groups is 1. The molecule has 1 saturated heterocycles. The van der Waals surface area contributed by atoms with E-state index in [1.54, 1.807) is 11.3 Å². The number of aliphatic hydroxyl groups excluding tert-OH is 1. The minimum atomic E-state index is 0.298. The fourth-order valence-corrected chi connectivity index (χ4v) is 2.76. The molecule has 0 aromatic carbocycles. The maximum atomic E-state index is 8.78. The Balaban J connectivity index is 1.81. The van der Waals surface area contributed by atoms with Crippen LogP contribution in [0.1, 0.15) is 11.3 Å². The molecule has 1 N–H and O–H groups in total. The summed E-state index contributed by atoms with van der Waals surface area (Å²) in [6, 6.07) is 0. The normalized spacial score (nSPS) is 18.0. The molecule has 1 aliphatic rings. The van der Waals surface area contributed by atoms with E-state index in [0.29, 0.717) is 6.61 Å². The van der Waals surface area contributed by atoms with E-state index >= 15 is 0 Å². The minimum absolute atomic E-state index is 0.298. The first-order chi connectivity index (χ1) is 7.79. The molecule has 0 amide bonds. The Morgan fingerprint density at radius 3 is 2.69 bits per heavy atom. The quantitative estimate of drug-likeness (QED) is 0.852. The number of aryl methyl sites for hydroxylation is 1. The van der Waals surface area contributed by atoms with Gasteiger partial charge in [0.2, 0.25) is 0 Å². The fraction of sp³-hybridized carbons (Fsp3) is 0.727. The van der Waals surface area contributed by atoms with Crippen LogP contribution >= 0.6 is 11.3 Å². The van der Waals surface area contributed by atoms with E-state index in [4.69, 9.17) is 5.11 Å². The van der Waals surface area contributed by atoms with Gasteiger partial charge in [-0.1, -0.05) is 0 Å². The van der Waals surface area contributed by atoms with Crippen LogP contribution in [-0.4, -0.2) is 54.3 Å². The Morgan fingerprint density at radius 2 is 2.12 bits per heavy atom. The van der Waals surface area contributed by atoms with Gasteiger partial charge in [0.25, 0.3) is 0 Å². The highest BCUT2D eigenvalue weighted by atomic mass is 32.1. The molecule has 0 aliphatic carbocycles. The lowest BCUT2D eigenvalue weighted by Crippen LogP contribution is -2.46. The van der Waals surface area contributed by atoms with Crippen molar-refractivity contribution in [3.8, 4) is 0 Å². The van der Waals surface area contributed by atoms with Gasteiger partial charge in [0.05, 0.1) is 0 Å². The minimum Gasteiger partial charge on any atom is -0.396 e. The number of piperazine rings is 1. The first-order valence-electron chi connectivity index (χ1n) is 5.80. The highest BCUT2D eigenvalue weighted by molar-refractivity contribution is 7.15. The second-order valence-electron chi connectivity index (χ2n) is 4.16. The molecule has 90 valence electrons. The van der Waals surface area contributed by atoms with E-state index in [1.807, 2.05) is 6.20 Å². The number of rotatable bonds is 4. The third-order valence-corrected chi connectivity index (χ3v) is 3.86. The molecule has 1 aromatic rings. The SMILES string of the molecule is Cc1cnc(N2CCN(CCCO)CC2)s1. The molecule has 1 fully saturated rings. The van der Waals surface area contributed by atoms with Gasteiger partial charge in [0, 0.05) is 50.4 Å². The highest BCUT2D eigenvalue weighted by Gasteiger charge is 2.18. The van der Waals surface area contributed by atoms with Crippen LogP contribution in [0.2, 0.25) is 0 Å². The van der Waals surface area contributed by atoms with Gasteiger partial charge in [-0.15, -0.1) is 11.3 Å². The molecule has 0 unspecified atom stereocenters. The van der Waals surface area contributed by atoms with E-state index in [9.17, 15) is 0 Å². The summed E-state index contributed by atoms with van der Waals surface area (Å²) >= 11 is 1.77. The van der Waals surface area contributed by atoms with Crippen molar-refractivity contribution < 1.29 is 5.11 Å². The van der Waals surface area contributed by atoms with E-state index in [-0.39, 0.29) is 0 Å². The maximum absolute atomic E-state index is 8.78. The van der Waals surface area contributed by atoms with E-state index in [1.165, 1.54) is 4.88 Å². The fourth-order valence-electron chi connectivity index (χ4n) is 1.95. The van der Waals surface area contributed by atoms with Crippen LogP contribution in [0.5, 0.6) is 0 Å². The summed E-state index contributed by atoms with van der Waals surface area (Å²) in [6.07, 6.45) is 2.83. The summed E-state index contributed by atoms with van der Waals surface area (Å²) < 4.78 is 0. The van der Waals surface area contributed by atoms with Crippen molar-refractivity contribution >= 4 is 16.5 Å². The lowest BCUT2D eigenvalue weighted by Gasteiger charge is -2.34. The summed E-state index contributed by atoms with van der Waals surface area (Å²) in [7, 11) is 0. The predicted molar refractivity (Wildman–Crippen MR) is 67.2 cm³/mol. The first-order valence-corrected chi connectivity index (χ1v) is 6.62. The zero-order chi connectivity index (χ0) is 11.4. The lowest BCUT2D eigenvalue weighted by atomic mass is 10.3. The molecule has 2 rings (SSSR count). The van der Waals surface area contributed by atoms with Gasteiger partial charge in [-0.3, -0.25) is 4.90 Å². The number of anilines is 1. The molecule has 5 heteroatoms. The van der Waals surface area contributed by atoms with Crippen LogP contribution in [-0.2, 0) is 0 Å². The Kier molecular flexibility index (Phi) is 4.15. The topological polar surface area (TPSA) is 39.6 Å². The molecule has 2 heterocycles. The average molecular weight is 241 g/mol. The first kappa shape index (κ1) is 11.8. The molecule has 4 nitrogen and oxygen atoms in total.